The molecule has 1 heterocycles. The number of nitrogen functional groups attached to an aromatic ring is 1. The number of nitrogens with two attached hydrogens (primary N) is 1. The minimum atomic E-state index is 0.624. The third-order valence-corrected chi connectivity index (χ3v) is 3.67. The molecule has 0 unspecified atom stereocenters. The van der Waals surface area contributed by atoms with Crippen LogP contribution in [0.3, 0.4) is 0 Å². The third kappa shape index (κ3) is 2.02. The Bertz CT molecular complexity index is 544. The summed E-state index contributed by atoms with van der Waals surface area (Å²) >= 11 is 3.52. The quantitative estimate of drug-likeness (QED) is 0.927. The van der Waals surface area contributed by atoms with Crippen molar-refractivity contribution in [2.75, 3.05) is 12.8 Å². The van der Waals surface area contributed by atoms with Crippen LogP contribution in [0.4, 0.5) is 5.82 Å². The Hall–Kier alpha value is -1.49. The van der Waals surface area contributed by atoms with Crippen LogP contribution in [0, 0.1) is 6.92 Å². The van der Waals surface area contributed by atoms with Crippen molar-refractivity contribution < 1.29 is 4.74 Å². The molecule has 0 fully saturated rings. The number of nitrogens with zero attached hydrogens (tertiary/aromatic N) is 2. The summed E-state index contributed by atoms with van der Waals surface area (Å²) < 4.78 is 8.01. The first-order valence-electron chi connectivity index (χ1n) is 5.17. The van der Waals surface area contributed by atoms with Gasteiger partial charge < -0.3 is 10.5 Å². The zero-order valence-corrected chi connectivity index (χ0v) is 11.6. The van der Waals surface area contributed by atoms with Crippen LogP contribution in [0.5, 0.6) is 5.75 Å². The summed E-state index contributed by atoms with van der Waals surface area (Å²) in [6.45, 7) is 2.02. The molecule has 5 heteroatoms. The fourth-order valence-corrected chi connectivity index (χ4v) is 2.18. The minimum Gasteiger partial charge on any atom is -0.495 e. The summed E-state index contributed by atoms with van der Waals surface area (Å²) in [4.78, 5) is 0. The summed E-state index contributed by atoms with van der Waals surface area (Å²) in [6.07, 6.45) is 0. The summed E-state index contributed by atoms with van der Waals surface area (Å²) in [5.41, 5.74) is 8.64. The molecule has 0 aliphatic carbocycles. The lowest BCUT2D eigenvalue weighted by atomic mass is 10.1. The second kappa shape index (κ2) is 4.41. The molecule has 0 saturated heterocycles. The standard InChI is InChI=1S/C12H14BrN3O/c1-7-4-5-8(12(17-3)11(7)13)9-6-10(14)16(2)15-9/h4-6H,14H2,1-3H3. The van der Waals surface area contributed by atoms with Crippen molar-refractivity contribution in [3.63, 3.8) is 0 Å². The minimum absolute atomic E-state index is 0.624. The Labute approximate surface area is 109 Å². The Kier molecular flexibility index (Phi) is 3.11. The van der Waals surface area contributed by atoms with E-state index in [2.05, 4.69) is 21.0 Å². The van der Waals surface area contributed by atoms with E-state index in [-0.39, 0.29) is 0 Å². The first kappa shape index (κ1) is 12.0. The molecule has 0 saturated carbocycles. The molecule has 1 aromatic carbocycles. The van der Waals surface area contributed by atoms with Gasteiger partial charge in [0.2, 0.25) is 0 Å². The van der Waals surface area contributed by atoms with Gasteiger partial charge in [0, 0.05) is 18.7 Å². The van der Waals surface area contributed by atoms with Gasteiger partial charge in [0.1, 0.15) is 11.6 Å². The SMILES string of the molecule is COc1c(-c2cc(N)n(C)n2)ccc(C)c1Br. The van der Waals surface area contributed by atoms with E-state index in [9.17, 15) is 0 Å². The highest BCUT2D eigenvalue weighted by atomic mass is 79.9. The summed E-state index contributed by atoms with van der Waals surface area (Å²) in [5.74, 6) is 1.40. The average Bonchev–Trinajstić information content (AvgIpc) is 2.62. The maximum atomic E-state index is 5.79. The van der Waals surface area contributed by atoms with Crippen molar-refractivity contribution >= 4 is 21.7 Å². The van der Waals surface area contributed by atoms with Crippen LogP contribution in [-0.2, 0) is 7.05 Å². The highest BCUT2D eigenvalue weighted by molar-refractivity contribution is 9.10. The predicted octanol–water partition coefficient (Wildman–Crippen LogP) is 2.75. The van der Waals surface area contributed by atoms with Gasteiger partial charge in [0.05, 0.1) is 17.3 Å². The van der Waals surface area contributed by atoms with Gasteiger partial charge in [-0.1, -0.05) is 6.07 Å². The number of hydrogen-bond acceptors (Lipinski definition) is 3. The van der Waals surface area contributed by atoms with Crippen LogP contribution in [-0.4, -0.2) is 16.9 Å². The molecule has 0 aliphatic rings. The molecule has 90 valence electrons. The van der Waals surface area contributed by atoms with Crippen molar-refractivity contribution in [3.8, 4) is 17.0 Å². The Morgan fingerprint density at radius 2 is 2.12 bits per heavy atom. The van der Waals surface area contributed by atoms with Gasteiger partial charge in [-0.2, -0.15) is 5.10 Å². The maximum Gasteiger partial charge on any atom is 0.142 e. The van der Waals surface area contributed by atoms with Crippen molar-refractivity contribution in [1.82, 2.24) is 9.78 Å². The van der Waals surface area contributed by atoms with Gasteiger partial charge in [-0.05, 0) is 34.5 Å². The summed E-state index contributed by atoms with van der Waals surface area (Å²) in [7, 11) is 3.46. The zero-order chi connectivity index (χ0) is 12.6. The summed E-state index contributed by atoms with van der Waals surface area (Å²) in [6, 6.07) is 5.84. The van der Waals surface area contributed by atoms with Crippen molar-refractivity contribution in [3.05, 3.63) is 28.2 Å². The van der Waals surface area contributed by atoms with E-state index in [4.69, 9.17) is 10.5 Å². The first-order chi connectivity index (χ1) is 8.04. The van der Waals surface area contributed by atoms with Gasteiger partial charge in [-0.15, -0.1) is 0 Å². The molecule has 1 aromatic heterocycles. The van der Waals surface area contributed by atoms with Gasteiger partial charge in [0.15, 0.2) is 0 Å². The molecule has 2 rings (SSSR count). The smallest absolute Gasteiger partial charge is 0.142 e. The third-order valence-electron chi connectivity index (χ3n) is 2.69. The van der Waals surface area contributed by atoms with Crippen LogP contribution < -0.4 is 10.5 Å². The molecule has 0 radical (unpaired) electrons. The van der Waals surface area contributed by atoms with Crippen molar-refractivity contribution in [2.24, 2.45) is 7.05 Å². The lowest BCUT2D eigenvalue weighted by molar-refractivity contribution is 0.413. The van der Waals surface area contributed by atoms with Crippen LogP contribution in [0.2, 0.25) is 0 Å². The van der Waals surface area contributed by atoms with Crippen LogP contribution >= 0.6 is 15.9 Å². The predicted molar refractivity (Wildman–Crippen MR) is 72.0 cm³/mol. The normalized spacial score (nSPS) is 10.6. The lowest BCUT2D eigenvalue weighted by Gasteiger charge is -2.10. The molecule has 0 spiro atoms. The van der Waals surface area contributed by atoms with Crippen LogP contribution in [0.15, 0.2) is 22.7 Å². The number of aromatic nitrogens is 2. The topological polar surface area (TPSA) is 53.1 Å². The number of ether oxygens (including phenoxy) is 1. The van der Waals surface area contributed by atoms with Gasteiger partial charge in [0.25, 0.3) is 0 Å². The zero-order valence-electron chi connectivity index (χ0n) is 9.99. The molecule has 0 aliphatic heterocycles. The second-order valence-electron chi connectivity index (χ2n) is 3.86. The summed E-state index contributed by atoms with van der Waals surface area (Å²) in [5, 5.41) is 4.35. The van der Waals surface area contributed by atoms with E-state index < -0.39 is 0 Å². The molecular formula is C12H14BrN3O. The monoisotopic (exact) mass is 295 g/mol. The Morgan fingerprint density at radius 1 is 1.41 bits per heavy atom. The average molecular weight is 296 g/mol. The maximum absolute atomic E-state index is 5.79. The largest absolute Gasteiger partial charge is 0.495 e. The van der Waals surface area contributed by atoms with E-state index in [1.165, 1.54) is 0 Å². The Morgan fingerprint density at radius 3 is 2.65 bits per heavy atom. The second-order valence-corrected chi connectivity index (χ2v) is 4.65. The highest BCUT2D eigenvalue weighted by Gasteiger charge is 2.14. The van der Waals surface area contributed by atoms with E-state index in [1.54, 1.807) is 11.8 Å². The number of aryl methyl sites for hydroxylation is 2. The van der Waals surface area contributed by atoms with E-state index in [0.717, 1.165) is 27.0 Å². The Balaban J connectivity index is 2.63. The molecule has 0 amide bonds. The van der Waals surface area contributed by atoms with Gasteiger partial charge >= 0.3 is 0 Å². The first-order valence-corrected chi connectivity index (χ1v) is 5.97. The molecule has 17 heavy (non-hydrogen) atoms. The van der Waals surface area contributed by atoms with Crippen LogP contribution in [0.1, 0.15) is 5.56 Å². The fraction of sp³-hybridized carbons (Fsp3) is 0.250. The molecule has 0 atom stereocenters. The molecular weight excluding hydrogens is 282 g/mol. The van der Waals surface area contributed by atoms with Crippen LogP contribution in [0.25, 0.3) is 11.3 Å². The lowest BCUT2D eigenvalue weighted by Crippen LogP contribution is -1.97. The number of methoxy groups -OCH3 is 1. The number of rotatable bonds is 2. The molecule has 2 aromatic rings. The fourth-order valence-electron chi connectivity index (χ4n) is 1.67. The molecule has 0 bridgehead atoms. The van der Waals surface area contributed by atoms with Crippen molar-refractivity contribution in [1.29, 1.82) is 0 Å². The van der Waals surface area contributed by atoms with E-state index >= 15 is 0 Å². The number of benzene rings is 1. The number of anilines is 1. The number of hydrogen-bond donors (Lipinski definition) is 1. The van der Waals surface area contributed by atoms with Crippen molar-refractivity contribution in [2.45, 2.75) is 6.92 Å². The van der Waals surface area contributed by atoms with Gasteiger partial charge in [-0.25, -0.2) is 0 Å². The van der Waals surface area contributed by atoms with Gasteiger partial charge in [-0.3, -0.25) is 4.68 Å². The van der Waals surface area contributed by atoms with E-state index in [1.807, 2.05) is 32.2 Å². The number of halogens is 1. The highest BCUT2D eigenvalue weighted by Crippen LogP contribution is 2.38. The van der Waals surface area contributed by atoms with E-state index in [0.29, 0.717) is 5.82 Å². The molecule has 2 N–H and O–H groups in total. The molecule has 4 nitrogen and oxygen atoms in total.